The third kappa shape index (κ3) is 143. The summed E-state index contributed by atoms with van der Waals surface area (Å²) in [6, 6.07) is 0. The van der Waals surface area contributed by atoms with Crippen molar-refractivity contribution >= 4 is 12.6 Å². The molecule has 0 saturated heterocycles. The zero-order valence-corrected chi connectivity index (χ0v) is 4.43. The summed E-state index contributed by atoms with van der Waals surface area (Å²) in [5.41, 5.74) is -4.31. The van der Waals surface area contributed by atoms with E-state index >= 15 is 0 Å². The van der Waals surface area contributed by atoms with E-state index in [9.17, 15) is 13.2 Å². The molecule has 0 aromatic carbocycles. The van der Waals surface area contributed by atoms with Crippen molar-refractivity contribution in [1.29, 1.82) is 0 Å². The maximum Gasteiger partial charge on any atom is 0.438 e. The molecule has 6 heavy (non-hydrogen) atoms. The van der Waals surface area contributed by atoms with Crippen molar-refractivity contribution in [3.05, 3.63) is 0 Å². The summed E-state index contributed by atoms with van der Waals surface area (Å²) in [6.45, 7) is 0. The van der Waals surface area contributed by atoms with Crippen LogP contribution in [0.3, 0.4) is 0 Å². The molecule has 0 atom stereocenters. The van der Waals surface area contributed by atoms with Gasteiger partial charge in [-0.1, -0.05) is 12.6 Å². The molecule has 0 bridgehead atoms. The van der Waals surface area contributed by atoms with Crippen LogP contribution in [0.2, 0.25) is 0 Å². The van der Waals surface area contributed by atoms with Gasteiger partial charge in [0.15, 0.2) is 0 Å². The quantitative estimate of drug-likeness (QED) is 0.400. The van der Waals surface area contributed by atoms with Gasteiger partial charge in [-0.25, -0.2) is 0 Å². The minimum Gasteiger partial charge on any atom is -0.161 e. The molecule has 0 radical (unpaired) electrons. The predicted molar refractivity (Wildman–Crippen MR) is 15.0 cm³/mol. The van der Waals surface area contributed by atoms with E-state index in [1.165, 1.54) is 0 Å². The number of rotatable bonds is 0. The Morgan fingerprint density at radius 1 is 1.17 bits per heavy atom. The molecule has 0 aromatic heterocycles. The first-order valence-corrected chi connectivity index (χ1v) is 1.24. The smallest absolute Gasteiger partial charge is 0.161 e. The first-order chi connectivity index (χ1) is 2.00. The van der Waals surface area contributed by atoms with Gasteiger partial charge in [-0.05, 0) is 0 Å². The first kappa shape index (κ1) is 9.82. The Morgan fingerprint density at radius 2 is 1.17 bits per heavy atom. The maximum absolute atomic E-state index is 10.2. The molecule has 0 aliphatic carbocycles. The predicted octanol–water partition coefficient (Wildman–Crippen LogP) is 1.43. The molecule has 0 spiro atoms. The van der Waals surface area contributed by atoms with Crippen molar-refractivity contribution in [3.8, 4) is 0 Å². The molecule has 0 aliphatic rings. The summed E-state index contributed by atoms with van der Waals surface area (Å²) in [6.07, 6.45) is 0. The zero-order chi connectivity index (χ0) is 4.50. The number of thiol groups is 1. The fourth-order valence-corrected chi connectivity index (χ4v) is 0. The Morgan fingerprint density at radius 3 is 1.17 bits per heavy atom. The zero-order valence-electron chi connectivity index (χ0n) is 2.43. The fourth-order valence-electron chi connectivity index (χ4n) is 0. The van der Waals surface area contributed by atoms with Crippen LogP contribution in [0.5, 0.6) is 0 Å². The summed E-state index contributed by atoms with van der Waals surface area (Å²) >= 11 is 2.12. The summed E-state index contributed by atoms with van der Waals surface area (Å²) in [4.78, 5) is 0. The summed E-state index contributed by atoms with van der Waals surface area (Å²) in [5, 5.41) is 0. The van der Waals surface area contributed by atoms with Crippen LogP contribution >= 0.6 is 12.6 Å². The molecule has 0 fully saturated rings. The van der Waals surface area contributed by atoms with Crippen LogP contribution in [-0.4, -0.2) is 5.51 Å². The number of alkyl halides is 3. The molecule has 0 unspecified atom stereocenters. The molecule has 0 rings (SSSR count). The average Bonchev–Trinajstić information content (AvgIpc) is 0.722. The van der Waals surface area contributed by atoms with E-state index in [1.54, 1.807) is 0 Å². The third-order valence-corrected chi connectivity index (χ3v) is 0. The van der Waals surface area contributed by atoms with Gasteiger partial charge in [0.1, 0.15) is 0 Å². The Bertz CT molecular complexity index is 26.3. The number of halogens is 3. The third-order valence-electron chi connectivity index (χ3n) is 0. The minimum absolute atomic E-state index is 0. The SMILES string of the molecule is FC(F)(F)S.[Fe]. The van der Waals surface area contributed by atoms with Crippen LogP contribution < -0.4 is 0 Å². The molecule has 0 saturated carbocycles. The van der Waals surface area contributed by atoms with E-state index in [0.717, 1.165) is 0 Å². The van der Waals surface area contributed by atoms with Crippen LogP contribution in [0.4, 0.5) is 13.2 Å². The van der Waals surface area contributed by atoms with Gasteiger partial charge in [0.25, 0.3) is 0 Å². The Kier molecular flexibility index (Phi) is 4.54. The molecule has 0 amide bonds. The normalized spacial score (nSPS) is 10.0. The van der Waals surface area contributed by atoms with Gasteiger partial charge in [0.05, 0.1) is 0 Å². The summed E-state index contributed by atoms with van der Waals surface area (Å²) in [5.74, 6) is 0. The number of hydrogen-bond acceptors (Lipinski definition) is 1. The van der Waals surface area contributed by atoms with Crippen LogP contribution in [0, 0.1) is 0 Å². The van der Waals surface area contributed by atoms with Crippen molar-refractivity contribution in [1.82, 2.24) is 0 Å². The standard InChI is InChI=1S/CHF3S.Fe/c2-1(3,4)5;/h5H;. The summed E-state index contributed by atoms with van der Waals surface area (Å²) < 4.78 is 30.7. The van der Waals surface area contributed by atoms with E-state index in [0.29, 0.717) is 0 Å². The van der Waals surface area contributed by atoms with Crippen LogP contribution in [-0.2, 0) is 17.1 Å². The molecular weight excluding hydrogens is 157 g/mol. The second-order valence-electron chi connectivity index (χ2n) is 0.468. The number of hydrogen-bond donors (Lipinski definition) is 1. The van der Waals surface area contributed by atoms with E-state index in [2.05, 4.69) is 12.6 Å². The molecule has 40 valence electrons. The molecule has 0 aliphatic heterocycles. The van der Waals surface area contributed by atoms with Crippen LogP contribution in [0.25, 0.3) is 0 Å². The van der Waals surface area contributed by atoms with Crippen LogP contribution in [0.1, 0.15) is 0 Å². The molecule has 0 heterocycles. The van der Waals surface area contributed by atoms with Gasteiger partial charge in [0.2, 0.25) is 0 Å². The van der Waals surface area contributed by atoms with E-state index in [1.807, 2.05) is 0 Å². The molecule has 5 heteroatoms. The fraction of sp³-hybridized carbons (Fsp3) is 1.00. The average molecular weight is 158 g/mol. The monoisotopic (exact) mass is 158 g/mol. The van der Waals surface area contributed by atoms with Crippen molar-refractivity contribution < 1.29 is 30.2 Å². The molecule has 0 N–H and O–H groups in total. The second-order valence-corrected chi connectivity index (χ2v) is 0.975. The van der Waals surface area contributed by atoms with E-state index in [-0.39, 0.29) is 17.1 Å². The van der Waals surface area contributed by atoms with Gasteiger partial charge in [0, 0.05) is 17.1 Å². The largest absolute Gasteiger partial charge is 0.438 e. The van der Waals surface area contributed by atoms with Crippen molar-refractivity contribution in [2.24, 2.45) is 0 Å². The van der Waals surface area contributed by atoms with E-state index in [4.69, 9.17) is 0 Å². The Labute approximate surface area is 49.0 Å². The van der Waals surface area contributed by atoms with Gasteiger partial charge < -0.3 is 0 Å². The van der Waals surface area contributed by atoms with Crippen molar-refractivity contribution in [3.63, 3.8) is 0 Å². The molecule has 0 aromatic rings. The maximum atomic E-state index is 10.2. The van der Waals surface area contributed by atoms with Crippen LogP contribution in [0.15, 0.2) is 0 Å². The molecular formula is CHF3FeS. The summed E-state index contributed by atoms with van der Waals surface area (Å²) in [7, 11) is 0. The molecule has 0 nitrogen and oxygen atoms in total. The Hall–Kier alpha value is 0.659. The van der Waals surface area contributed by atoms with Gasteiger partial charge in [-0.15, -0.1) is 0 Å². The van der Waals surface area contributed by atoms with Gasteiger partial charge in [-0.3, -0.25) is 0 Å². The topological polar surface area (TPSA) is 0 Å². The first-order valence-electron chi connectivity index (χ1n) is 0.791. The van der Waals surface area contributed by atoms with Gasteiger partial charge in [-0.2, -0.15) is 13.2 Å². The van der Waals surface area contributed by atoms with E-state index < -0.39 is 5.51 Å². The van der Waals surface area contributed by atoms with Crippen molar-refractivity contribution in [2.45, 2.75) is 5.51 Å². The van der Waals surface area contributed by atoms with Gasteiger partial charge >= 0.3 is 5.51 Å². The second kappa shape index (κ2) is 2.77. The minimum atomic E-state index is -4.31. The van der Waals surface area contributed by atoms with Crippen molar-refractivity contribution in [2.75, 3.05) is 0 Å². The Balaban J connectivity index is 0.